The van der Waals surface area contributed by atoms with Crippen LogP contribution in [-0.2, 0) is 14.3 Å². The zero-order valence-electron chi connectivity index (χ0n) is 17.3. The van der Waals surface area contributed by atoms with Gasteiger partial charge in [-0.25, -0.2) is 0 Å². The lowest BCUT2D eigenvalue weighted by molar-refractivity contribution is -0.228. The lowest BCUT2D eigenvalue weighted by atomic mass is 9.79. The average molecular weight is 365 g/mol. The van der Waals surface area contributed by atoms with Gasteiger partial charge in [-0.3, -0.25) is 4.79 Å². The number of carbonyl (C=O) groups is 1. The summed E-state index contributed by atoms with van der Waals surface area (Å²) in [5.74, 6) is 0.189. The summed E-state index contributed by atoms with van der Waals surface area (Å²) < 4.78 is 12.0. The molecule has 26 heavy (non-hydrogen) atoms. The summed E-state index contributed by atoms with van der Waals surface area (Å²) >= 11 is 0. The van der Waals surface area contributed by atoms with Gasteiger partial charge in [0.1, 0.15) is 5.60 Å². The van der Waals surface area contributed by atoms with E-state index < -0.39 is 11.2 Å². The van der Waals surface area contributed by atoms with Crippen LogP contribution in [0.5, 0.6) is 0 Å². The maximum Gasteiger partial charge on any atom is 0.303 e. The Morgan fingerprint density at radius 3 is 2.50 bits per heavy atom. The van der Waals surface area contributed by atoms with E-state index in [9.17, 15) is 9.90 Å². The van der Waals surface area contributed by atoms with Crippen molar-refractivity contribution in [2.75, 3.05) is 0 Å². The van der Waals surface area contributed by atoms with Crippen LogP contribution in [0.4, 0.5) is 0 Å². The van der Waals surface area contributed by atoms with E-state index >= 15 is 0 Å². The van der Waals surface area contributed by atoms with Gasteiger partial charge in [0.15, 0.2) is 0 Å². The molecule has 0 aromatic carbocycles. The second-order valence-corrected chi connectivity index (χ2v) is 8.86. The third-order valence-corrected chi connectivity index (χ3v) is 6.03. The zero-order chi connectivity index (χ0) is 19.5. The summed E-state index contributed by atoms with van der Waals surface area (Å²) in [5.41, 5.74) is 1.15. The second kappa shape index (κ2) is 8.26. The molecule has 0 aromatic heterocycles. The molecule has 0 radical (unpaired) electrons. The van der Waals surface area contributed by atoms with E-state index in [4.69, 9.17) is 9.47 Å². The van der Waals surface area contributed by atoms with E-state index in [1.54, 1.807) is 0 Å². The van der Waals surface area contributed by atoms with Gasteiger partial charge in [-0.1, -0.05) is 37.1 Å². The van der Waals surface area contributed by atoms with Crippen molar-refractivity contribution in [3.05, 3.63) is 23.3 Å². The lowest BCUT2D eigenvalue weighted by Crippen LogP contribution is -2.56. The van der Waals surface area contributed by atoms with Gasteiger partial charge in [-0.15, -0.1) is 0 Å². The van der Waals surface area contributed by atoms with E-state index in [1.165, 1.54) is 18.1 Å². The molecule has 0 aliphatic carbocycles. The number of rotatable bonds is 2. The highest BCUT2D eigenvalue weighted by molar-refractivity contribution is 5.66. The number of hydrogen-bond acceptors (Lipinski definition) is 4. The quantitative estimate of drug-likeness (QED) is 0.721. The molecule has 1 saturated heterocycles. The predicted octanol–water partition coefficient (Wildman–Crippen LogP) is 4.71. The summed E-state index contributed by atoms with van der Waals surface area (Å²) in [7, 11) is 0. The Morgan fingerprint density at radius 2 is 1.88 bits per heavy atom. The van der Waals surface area contributed by atoms with Crippen LogP contribution in [0.25, 0.3) is 0 Å². The van der Waals surface area contributed by atoms with E-state index in [2.05, 4.69) is 32.9 Å². The van der Waals surface area contributed by atoms with Gasteiger partial charge in [0.05, 0.1) is 17.8 Å². The van der Waals surface area contributed by atoms with Crippen molar-refractivity contribution < 1.29 is 19.4 Å². The highest BCUT2D eigenvalue weighted by atomic mass is 16.6. The molecule has 0 aromatic rings. The molecule has 4 atom stereocenters. The van der Waals surface area contributed by atoms with E-state index in [1.807, 2.05) is 13.8 Å². The lowest BCUT2D eigenvalue weighted by Gasteiger charge is -2.47. The minimum Gasteiger partial charge on any atom is -0.457 e. The van der Waals surface area contributed by atoms with E-state index in [-0.39, 0.29) is 18.2 Å². The minimum atomic E-state index is -0.887. The standard InChI is InChI=1S/C22H36O4/c1-15(2)18-9-7-16(3)8-10-20-22(6,26-17(4)23)14-12-19(25-20)21(5,24)13-11-18/h7,9,15,19-20,24H,8,10-14H2,1-6H3/t19-,20-,21+,22+/m1/s1. The summed E-state index contributed by atoms with van der Waals surface area (Å²) in [6, 6.07) is 0. The highest BCUT2D eigenvalue weighted by Crippen LogP contribution is 2.40. The summed E-state index contributed by atoms with van der Waals surface area (Å²) in [4.78, 5) is 11.6. The van der Waals surface area contributed by atoms with Gasteiger partial charge in [0, 0.05) is 6.92 Å². The van der Waals surface area contributed by atoms with Gasteiger partial charge < -0.3 is 14.6 Å². The van der Waals surface area contributed by atoms with Crippen molar-refractivity contribution in [2.24, 2.45) is 5.92 Å². The van der Waals surface area contributed by atoms with Crippen molar-refractivity contribution in [1.29, 1.82) is 0 Å². The molecule has 0 unspecified atom stereocenters. The van der Waals surface area contributed by atoms with Gasteiger partial charge in [-0.2, -0.15) is 0 Å². The van der Waals surface area contributed by atoms with Crippen molar-refractivity contribution >= 4 is 5.97 Å². The van der Waals surface area contributed by atoms with Gasteiger partial charge >= 0.3 is 5.97 Å². The molecule has 2 heterocycles. The molecule has 0 spiro atoms. The molecule has 1 N–H and O–H groups in total. The molecule has 0 amide bonds. The van der Waals surface area contributed by atoms with Crippen molar-refractivity contribution in [1.82, 2.24) is 0 Å². The van der Waals surface area contributed by atoms with Crippen LogP contribution in [-0.4, -0.2) is 34.5 Å². The van der Waals surface area contributed by atoms with Crippen LogP contribution in [0.3, 0.4) is 0 Å². The fourth-order valence-electron chi connectivity index (χ4n) is 4.08. The third kappa shape index (κ3) is 5.20. The maximum atomic E-state index is 11.6. The largest absolute Gasteiger partial charge is 0.457 e. The molecule has 0 saturated carbocycles. The normalized spacial score (nSPS) is 36.5. The number of allylic oxidation sites excluding steroid dienone is 4. The Hall–Kier alpha value is -1.13. The molecule has 4 nitrogen and oxygen atoms in total. The minimum absolute atomic E-state index is 0.201. The monoisotopic (exact) mass is 364 g/mol. The van der Waals surface area contributed by atoms with Gasteiger partial charge in [0.2, 0.25) is 0 Å². The number of esters is 1. The third-order valence-electron chi connectivity index (χ3n) is 6.03. The fraction of sp³-hybridized carbons (Fsp3) is 0.773. The smallest absolute Gasteiger partial charge is 0.303 e. The molecule has 2 aliphatic heterocycles. The van der Waals surface area contributed by atoms with Crippen LogP contribution >= 0.6 is 0 Å². The maximum absolute atomic E-state index is 11.6. The molecule has 148 valence electrons. The Labute approximate surface area is 158 Å². The highest BCUT2D eigenvalue weighted by Gasteiger charge is 2.47. The number of carbonyl (C=O) groups excluding carboxylic acids is 1. The van der Waals surface area contributed by atoms with Crippen LogP contribution in [0.2, 0.25) is 0 Å². The molecule has 2 aliphatic rings. The fourth-order valence-corrected chi connectivity index (χ4v) is 4.08. The summed E-state index contributed by atoms with van der Waals surface area (Å²) in [6.45, 7) is 11.8. The topological polar surface area (TPSA) is 55.8 Å². The zero-order valence-corrected chi connectivity index (χ0v) is 17.3. The number of ether oxygens (including phenoxy) is 2. The summed E-state index contributed by atoms with van der Waals surface area (Å²) in [6.07, 6.45) is 8.60. The van der Waals surface area contributed by atoms with Crippen molar-refractivity contribution in [3.8, 4) is 0 Å². The first-order valence-corrected chi connectivity index (χ1v) is 9.97. The van der Waals surface area contributed by atoms with E-state index in [0.29, 0.717) is 25.2 Å². The average Bonchev–Trinajstić information content (AvgIpc) is 2.51. The molecule has 1 fully saturated rings. The van der Waals surface area contributed by atoms with Crippen LogP contribution in [0.1, 0.15) is 80.1 Å². The second-order valence-electron chi connectivity index (χ2n) is 8.86. The molecule has 2 rings (SSSR count). The molecule has 4 heteroatoms. The Morgan fingerprint density at radius 1 is 1.19 bits per heavy atom. The van der Waals surface area contributed by atoms with Crippen LogP contribution < -0.4 is 0 Å². The first-order valence-electron chi connectivity index (χ1n) is 9.97. The Bertz CT molecular complexity index is 573. The first-order chi connectivity index (χ1) is 12.0. The van der Waals surface area contributed by atoms with Gasteiger partial charge in [-0.05, 0) is 65.2 Å². The Balaban J connectivity index is 2.32. The molecular formula is C22H36O4. The number of aliphatic hydroxyl groups is 1. The number of fused-ring (bicyclic) bond motifs is 2. The number of hydrogen-bond donors (Lipinski definition) is 1. The first kappa shape index (κ1) is 21.2. The van der Waals surface area contributed by atoms with Gasteiger partial charge in [0.25, 0.3) is 0 Å². The van der Waals surface area contributed by atoms with Crippen LogP contribution in [0.15, 0.2) is 23.3 Å². The Kier molecular flexibility index (Phi) is 6.73. The van der Waals surface area contributed by atoms with E-state index in [0.717, 1.165) is 19.3 Å². The summed E-state index contributed by atoms with van der Waals surface area (Å²) in [5, 5.41) is 11.1. The SMILES string of the molecule is CC(=O)O[C@@]1(C)CC[C@H]2O[C@@H]1CCC(C)=CC=C(C(C)C)CC[C@]2(C)O. The molecular weight excluding hydrogens is 328 g/mol. The predicted molar refractivity (Wildman–Crippen MR) is 104 cm³/mol. The van der Waals surface area contributed by atoms with Crippen LogP contribution in [0, 0.1) is 5.92 Å². The van der Waals surface area contributed by atoms with Crippen molar-refractivity contribution in [3.63, 3.8) is 0 Å². The molecule has 2 bridgehead atoms. The van der Waals surface area contributed by atoms with Crippen molar-refractivity contribution in [2.45, 2.75) is 103 Å².